The first-order valence-electron chi connectivity index (χ1n) is 13.8. The van der Waals surface area contributed by atoms with Gasteiger partial charge in [-0.15, -0.1) is 0 Å². The van der Waals surface area contributed by atoms with Gasteiger partial charge < -0.3 is 5.32 Å². The summed E-state index contributed by atoms with van der Waals surface area (Å²) in [5.74, 6) is -6.73. The topological polar surface area (TPSA) is 109 Å². The zero-order valence-corrected chi connectivity index (χ0v) is 23.9. The van der Waals surface area contributed by atoms with Gasteiger partial charge in [0.2, 0.25) is 11.8 Å². The van der Waals surface area contributed by atoms with E-state index in [1.165, 1.54) is 24.3 Å². The Balaban J connectivity index is 1.61. The van der Waals surface area contributed by atoms with Crippen molar-refractivity contribution in [2.45, 2.75) is 62.7 Å². The number of amides is 2. The van der Waals surface area contributed by atoms with Crippen LogP contribution in [0.15, 0.2) is 60.8 Å². The van der Waals surface area contributed by atoms with Crippen LogP contribution in [-0.4, -0.2) is 39.8 Å². The van der Waals surface area contributed by atoms with Crippen LogP contribution in [0.1, 0.15) is 55.7 Å². The third-order valence-corrected chi connectivity index (χ3v) is 8.04. The minimum Gasteiger partial charge on any atom is -0.351 e. The number of rotatable bonds is 8. The van der Waals surface area contributed by atoms with Crippen LogP contribution in [0.5, 0.6) is 0 Å². The van der Waals surface area contributed by atoms with Crippen LogP contribution in [0.25, 0.3) is 0 Å². The monoisotopic (exact) mass is 629 g/mol. The number of carbonyl (C=O) groups excluding carboxylic acids is 2. The van der Waals surface area contributed by atoms with Gasteiger partial charge in [-0.3, -0.25) is 9.59 Å². The van der Waals surface area contributed by atoms with E-state index < -0.39 is 71.8 Å². The number of carbonyl (C=O) groups is 2. The van der Waals surface area contributed by atoms with Crippen molar-refractivity contribution in [3.8, 4) is 6.07 Å². The number of nitriles is 1. The molecule has 2 unspecified atom stereocenters. The molecule has 1 aliphatic heterocycles. The third kappa shape index (κ3) is 6.21. The Kier molecular flexibility index (Phi) is 8.82. The highest BCUT2D eigenvalue weighted by atomic mass is 35.5. The standard InChI is InChI=1S/C30H25ClF4N6O3/c31-23-7-2-1-6-22(23)27(29(43)38-20-10-13-30(34,35)14-11-20)40(21-5-3-4-19(32)16-21)41(44)24-8-9-25(42)39(24)28-26(33)18(17-36)12-15-37-28/h1-7,12,15-16,20,24,27H,8-11,13-14H2/p+1. The van der Waals surface area contributed by atoms with Crippen molar-refractivity contribution in [3.63, 3.8) is 0 Å². The Hall–Kier alpha value is -4.57. The average molecular weight is 630 g/mol. The van der Waals surface area contributed by atoms with Gasteiger partial charge in [0, 0.05) is 54.6 Å². The molecule has 3 aromatic rings. The SMILES string of the molecule is N#Cc1ccnc(N2C(=O)CCC2[N+](=O)N(c2cccc(F)c2)C(C(=O)NC2CCC(F)(F)CC2)c2ccccc2Cl)c1F. The van der Waals surface area contributed by atoms with E-state index in [2.05, 4.69) is 10.3 Å². The molecule has 0 spiro atoms. The number of hydrogen-bond acceptors (Lipinski definition) is 5. The molecule has 2 aromatic carbocycles. The molecular weight excluding hydrogens is 604 g/mol. The van der Waals surface area contributed by atoms with E-state index in [1.807, 2.05) is 0 Å². The van der Waals surface area contributed by atoms with Gasteiger partial charge in [0.15, 0.2) is 17.7 Å². The molecule has 2 atom stereocenters. The molecule has 0 radical (unpaired) electrons. The van der Waals surface area contributed by atoms with Gasteiger partial charge in [-0.25, -0.2) is 27.4 Å². The van der Waals surface area contributed by atoms with Gasteiger partial charge in [-0.05, 0) is 37.1 Å². The van der Waals surface area contributed by atoms with Crippen LogP contribution in [0.3, 0.4) is 0 Å². The normalized spacial score (nSPS) is 18.9. The molecule has 1 N–H and O–H groups in total. The Labute approximate surface area is 254 Å². The number of nitroso groups, excluding NO2 is 1. The summed E-state index contributed by atoms with van der Waals surface area (Å²) in [7, 11) is 0. The van der Waals surface area contributed by atoms with Crippen LogP contribution >= 0.6 is 11.6 Å². The maximum absolute atomic E-state index is 15.2. The van der Waals surface area contributed by atoms with Gasteiger partial charge in [-0.2, -0.15) is 5.26 Å². The number of pyridine rings is 1. The van der Waals surface area contributed by atoms with E-state index in [4.69, 9.17) is 11.6 Å². The number of nitrogens with zero attached hydrogens (tertiary/aromatic N) is 5. The lowest BCUT2D eigenvalue weighted by atomic mass is 9.91. The van der Waals surface area contributed by atoms with Gasteiger partial charge in [0.1, 0.15) is 22.4 Å². The van der Waals surface area contributed by atoms with Crippen molar-refractivity contribution in [3.05, 3.63) is 93.5 Å². The molecule has 2 aliphatic rings. The van der Waals surface area contributed by atoms with Gasteiger partial charge in [0.25, 0.3) is 5.91 Å². The summed E-state index contributed by atoms with van der Waals surface area (Å²) in [6, 6.07) is 11.5. The molecule has 2 fully saturated rings. The van der Waals surface area contributed by atoms with Crippen molar-refractivity contribution < 1.29 is 32.0 Å². The lowest BCUT2D eigenvalue weighted by molar-refractivity contribution is -0.598. The summed E-state index contributed by atoms with van der Waals surface area (Å²) in [6.07, 6.45) is -1.59. The second kappa shape index (κ2) is 12.6. The molecule has 2 heterocycles. The zero-order valence-electron chi connectivity index (χ0n) is 23.1. The highest BCUT2D eigenvalue weighted by Crippen LogP contribution is 2.38. The summed E-state index contributed by atoms with van der Waals surface area (Å²) >= 11 is 6.52. The highest BCUT2D eigenvalue weighted by Gasteiger charge is 2.52. The number of nitrogens with one attached hydrogen (secondary N) is 1. The Morgan fingerprint density at radius 2 is 1.86 bits per heavy atom. The summed E-state index contributed by atoms with van der Waals surface area (Å²) in [5.41, 5.74) is -0.377. The smallest absolute Gasteiger partial charge is 0.317 e. The number of hydrogen-bond donors (Lipinski definition) is 1. The second-order valence-electron chi connectivity index (χ2n) is 10.6. The number of benzene rings is 2. The van der Waals surface area contributed by atoms with Gasteiger partial charge in [-0.1, -0.05) is 40.9 Å². The molecule has 5 rings (SSSR count). The van der Waals surface area contributed by atoms with Gasteiger partial charge in [0.05, 0.1) is 10.5 Å². The second-order valence-corrected chi connectivity index (χ2v) is 11.0. The number of alkyl halides is 2. The molecule has 0 bridgehead atoms. The fraction of sp³-hybridized carbons (Fsp3) is 0.333. The quantitative estimate of drug-likeness (QED) is 0.187. The maximum Gasteiger partial charge on any atom is 0.317 e. The van der Waals surface area contributed by atoms with Gasteiger partial charge >= 0.3 is 6.17 Å². The number of aromatic nitrogens is 1. The van der Waals surface area contributed by atoms with Crippen molar-refractivity contribution in [2.75, 3.05) is 9.91 Å². The molecule has 1 saturated heterocycles. The fourth-order valence-electron chi connectivity index (χ4n) is 5.51. The van der Waals surface area contributed by atoms with Crippen LogP contribution in [0, 0.1) is 27.9 Å². The summed E-state index contributed by atoms with van der Waals surface area (Å²) < 4.78 is 57.5. The molecule has 1 aliphatic carbocycles. The minimum absolute atomic E-state index is 0.0138. The third-order valence-electron chi connectivity index (χ3n) is 7.70. The largest absolute Gasteiger partial charge is 0.351 e. The van der Waals surface area contributed by atoms with Crippen LogP contribution < -0.4 is 15.2 Å². The first-order chi connectivity index (χ1) is 21.0. The van der Waals surface area contributed by atoms with E-state index in [9.17, 15) is 32.9 Å². The maximum atomic E-state index is 15.2. The summed E-state index contributed by atoms with van der Waals surface area (Å²) in [6.45, 7) is 0. The van der Waals surface area contributed by atoms with Crippen molar-refractivity contribution in [1.82, 2.24) is 10.3 Å². The number of hydrazine groups is 1. The Morgan fingerprint density at radius 1 is 1.14 bits per heavy atom. The van der Waals surface area contributed by atoms with Crippen molar-refractivity contribution in [1.29, 1.82) is 5.26 Å². The predicted molar refractivity (Wildman–Crippen MR) is 151 cm³/mol. The van der Waals surface area contributed by atoms with E-state index in [0.29, 0.717) is 0 Å². The van der Waals surface area contributed by atoms with E-state index in [-0.39, 0.29) is 46.8 Å². The minimum atomic E-state index is -2.85. The zero-order chi connectivity index (χ0) is 31.6. The Bertz CT molecular complexity index is 1640. The first kappa shape index (κ1) is 30.9. The molecule has 9 nitrogen and oxygen atoms in total. The molecule has 14 heteroatoms. The number of halogens is 5. The molecule has 1 saturated carbocycles. The molecule has 1 aromatic heterocycles. The first-order valence-corrected chi connectivity index (χ1v) is 14.2. The predicted octanol–water partition coefficient (Wildman–Crippen LogP) is 5.97. The number of anilines is 2. The van der Waals surface area contributed by atoms with E-state index in [1.54, 1.807) is 18.2 Å². The average Bonchev–Trinajstić information content (AvgIpc) is 3.38. The van der Waals surface area contributed by atoms with Crippen molar-refractivity contribution >= 4 is 34.9 Å². The van der Waals surface area contributed by atoms with E-state index >= 15 is 4.39 Å². The molecular formula is C30H26ClF4N6O3+. The highest BCUT2D eigenvalue weighted by molar-refractivity contribution is 6.31. The van der Waals surface area contributed by atoms with Crippen LogP contribution in [-0.2, 0) is 9.59 Å². The van der Waals surface area contributed by atoms with Crippen molar-refractivity contribution in [2.24, 2.45) is 0 Å². The molecule has 2 amide bonds. The lowest BCUT2D eigenvalue weighted by Gasteiger charge is -2.32. The van der Waals surface area contributed by atoms with Crippen LogP contribution in [0.2, 0.25) is 5.02 Å². The summed E-state index contributed by atoms with van der Waals surface area (Å²) in [4.78, 5) is 46.5. The fourth-order valence-corrected chi connectivity index (χ4v) is 5.75. The van der Waals surface area contributed by atoms with E-state index in [0.717, 1.165) is 34.3 Å². The summed E-state index contributed by atoms with van der Waals surface area (Å²) in [5, 5.41) is 13.0. The molecule has 44 heavy (non-hydrogen) atoms. The lowest BCUT2D eigenvalue weighted by Crippen LogP contribution is -2.54. The Morgan fingerprint density at radius 3 is 2.55 bits per heavy atom. The molecule has 228 valence electrons. The van der Waals surface area contributed by atoms with Crippen LogP contribution in [0.4, 0.5) is 29.1 Å².